The Morgan fingerprint density at radius 3 is 3.00 bits per heavy atom. The molecule has 6 heteroatoms. The fraction of sp³-hybridized carbons (Fsp3) is 0.556. The first kappa shape index (κ1) is 12.4. The Morgan fingerprint density at radius 1 is 1.73 bits per heavy atom. The van der Waals surface area contributed by atoms with Gasteiger partial charge in [0.05, 0.1) is 0 Å². The molecule has 0 radical (unpaired) electrons. The number of amides is 1. The first-order valence-corrected chi connectivity index (χ1v) is 5.50. The van der Waals surface area contributed by atoms with Gasteiger partial charge in [-0.25, -0.2) is 4.98 Å². The molecule has 2 rings (SSSR count). The van der Waals surface area contributed by atoms with Gasteiger partial charge in [0.1, 0.15) is 10.5 Å². The molecular weight excluding hydrogens is 234 g/mol. The van der Waals surface area contributed by atoms with Crippen LogP contribution in [-0.4, -0.2) is 24.0 Å². The maximum absolute atomic E-state index is 11.1. The van der Waals surface area contributed by atoms with Crippen molar-refractivity contribution in [2.75, 3.05) is 13.1 Å². The highest BCUT2D eigenvalue weighted by atomic mass is 35.5. The van der Waals surface area contributed by atoms with E-state index in [1.54, 1.807) is 24.5 Å². The average molecular weight is 248 g/mol. The molecule has 1 amide bonds. The summed E-state index contributed by atoms with van der Waals surface area (Å²) >= 11 is 1.60. The van der Waals surface area contributed by atoms with Gasteiger partial charge >= 0.3 is 0 Å². The molecule has 4 nitrogen and oxygen atoms in total. The summed E-state index contributed by atoms with van der Waals surface area (Å²) in [5, 5.41) is 9.20. The minimum atomic E-state index is -0.264. The summed E-state index contributed by atoms with van der Waals surface area (Å²) in [5.74, 6) is 0.00361. The second-order valence-corrected chi connectivity index (χ2v) is 4.42. The topological polar surface area (TPSA) is 54.0 Å². The predicted octanol–water partition coefficient (Wildman–Crippen LogP) is 0.890. The van der Waals surface area contributed by atoms with Crippen molar-refractivity contribution in [1.82, 2.24) is 15.6 Å². The summed E-state index contributed by atoms with van der Waals surface area (Å²) in [4.78, 5) is 15.4. The standard InChI is InChI=1S/C9H13N3OS.ClH/c1-7(13)12-9(2-3-10-6-9)8-11-4-5-14-8;/h4-5,10H,2-3,6H2,1H3,(H,12,13);1H. The molecule has 1 atom stereocenters. The smallest absolute Gasteiger partial charge is 0.217 e. The van der Waals surface area contributed by atoms with Gasteiger partial charge in [-0.05, 0) is 13.0 Å². The largest absolute Gasteiger partial charge is 0.343 e. The molecule has 1 aromatic heterocycles. The number of nitrogens with one attached hydrogen (secondary N) is 2. The molecular formula is C9H14ClN3OS. The number of hydrogen-bond acceptors (Lipinski definition) is 4. The molecule has 1 fully saturated rings. The maximum atomic E-state index is 11.1. The lowest BCUT2D eigenvalue weighted by atomic mass is 9.99. The molecule has 0 aliphatic carbocycles. The van der Waals surface area contributed by atoms with Crippen molar-refractivity contribution in [2.24, 2.45) is 0 Å². The normalized spacial score (nSPS) is 24.6. The molecule has 84 valence electrons. The van der Waals surface area contributed by atoms with Gasteiger partial charge in [-0.15, -0.1) is 23.7 Å². The number of nitrogens with zero attached hydrogens (tertiary/aromatic N) is 1. The predicted molar refractivity (Wildman–Crippen MR) is 62.3 cm³/mol. The van der Waals surface area contributed by atoms with Crippen LogP contribution in [0.5, 0.6) is 0 Å². The van der Waals surface area contributed by atoms with Gasteiger partial charge in [-0.1, -0.05) is 0 Å². The minimum Gasteiger partial charge on any atom is -0.343 e. The zero-order chi connectivity index (χ0) is 10.0. The van der Waals surface area contributed by atoms with Crippen molar-refractivity contribution in [1.29, 1.82) is 0 Å². The molecule has 0 spiro atoms. The summed E-state index contributed by atoms with van der Waals surface area (Å²) in [7, 11) is 0. The second-order valence-electron chi connectivity index (χ2n) is 3.53. The van der Waals surface area contributed by atoms with E-state index in [1.165, 1.54) is 0 Å². The van der Waals surface area contributed by atoms with Gasteiger partial charge in [-0.2, -0.15) is 0 Å². The zero-order valence-corrected chi connectivity index (χ0v) is 10.1. The number of carbonyl (C=O) groups is 1. The Kier molecular flexibility index (Phi) is 4.07. The Labute approximate surface area is 98.9 Å². The van der Waals surface area contributed by atoms with Gasteiger partial charge in [0, 0.05) is 25.0 Å². The second kappa shape index (κ2) is 4.92. The number of aromatic nitrogens is 1. The molecule has 1 aliphatic heterocycles. The lowest BCUT2D eigenvalue weighted by molar-refractivity contribution is -0.120. The Hall–Kier alpha value is -0.650. The molecule has 1 aromatic rings. The molecule has 1 aliphatic rings. The molecule has 2 N–H and O–H groups in total. The minimum absolute atomic E-state index is 0. The van der Waals surface area contributed by atoms with Crippen LogP contribution in [-0.2, 0) is 10.3 Å². The van der Waals surface area contributed by atoms with Crippen molar-refractivity contribution in [3.05, 3.63) is 16.6 Å². The van der Waals surface area contributed by atoms with E-state index < -0.39 is 0 Å². The fourth-order valence-electron chi connectivity index (χ4n) is 1.83. The summed E-state index contributed by atoms with van der Waals surface area (Å²) < 4.78 is 0. The molecule has 2 heterocycles. The summed E-state index contributed by atoms with van der Waals surface area (Å²) in [6.45, 7) is 3.26. The van der Waals surface area contributed by atoms with E-state index >= 15 is 0 Å². The third-order valence-electron chi connectivity index (χ3n) is 2.41. The number of carbonyl (C=O) groups excluding carboxylic acids is 1. The van der Waals surface area contributed by atoms with E-state index in [0.29, 0.717) is 0 Å². The number of thiazole rings is 1. The molecule has 1 unspecified atom stereocenters. The number of rotatable bonds is 2. The van der Waals surface area contributed by atoms with Gasteiger partial charge in [0.2, 0.25) is 5.91 Å². The Morgan fingerprint density at radius 2 is 2.53 bits per heavy atom. The van der Waals surface area contributed by atoms with Crippen LogP contribution in [0.1, 0.15) is 18.4 Å². The van der Waals surface area contributed by atoms with Crippen LogP contribution in [0, 0.1) is 0 Å². The van der Waals surface area contributed by atoms with Crippen LogP contribution in [0.15, 0.2) is 11.6 Å². The third kappa shape index (κ3) is 2.48. The highest BCUT2D eigenvalue weighted by Crippen LogP contribution is 2.29. The average Bonchev–Trinajstić information content (AvgIpc) is 2.69. The summed E-state index contributed by atoms with van der Waals surface area (Å²) in [6, 6.07) is 0. The summed E-state index contributed by atoms with van der Waals surface area (Å²) in [5.41, 5.74) is -0.264. The monoisotopic (exact) mass is 247 g/mol. The lowest BCUT2D eigenvalue weighted by Gasteiger charge is -2.26. The van der Waals surface area contributed by atoms with E-state index in [4.69, 9.17) is 0 Å². The van der Waals surface area contributed by atoms with Gasteiger partial charge in [-0.3, -0.25) is 4.79 Å². The summed E-state index contributed by atoms with van der Waals surface area (Å²) in [6.07, 6.45) is 2.70. The molecule has 0 aromatic carbocycles. The maximum Gasteiger partial charge on any atom is 0.217 e. The SMILES string of the molecule is CC(=O)NC1(c2nccs2)CCNC1.Cl. The van der Waals surface area contributed by atoms with Crippen LogP contribution in [0.4, 0.5) is 0 Å². The van der Waals surface area contributed by atoms with Crippen molar-refractivity contribution in [3.8, 4) is 0 Å². The third-order valence-corrected chi connectivity index (χ3v) is 3.39. The lowest BCUT2D eigenvalue weighted by Crippen LogP contribution is -2.46. The van der Waals surface area contributed by atoms with E-state index in [2.05, 4.69) is 15.6 Å². The highest BCUT2D eigenvalue weighted by molar-refractivity contribution is 7.09. The van der Waals surface area contributed by atoms with Gasteiger partial charge < -0.3 is 10.6 Å². The van der Waals surface area contributed by atoms with E-state index in [-0.39, 0.29) is 23.9 Å². The van der Waals surface area contributed by atoms with Crippen LogP contribution in [0.25, 0.3) is 0 Å². The molecule has 15 heavy (non-hydrogen) atoms. The van der Waals surface area contributed by atoms with Crippen molar-refractivity contribution < 1.29 is 4.79 Å². The van der Waals surface area contributed by atoms with E-state index in [1.807, 2.05) is 5.38 Å². The van der Waals surface area contributed by atoms with E-state index in [0.717, 1.165) is 24.5 Å². The first-order chi connectivity index (χ1) is 6.73. The van der Waals surface area contributed by atoms with Crippen molar-refractivity contribution in [2.45, 2.75) is 18.9 Å². The Balaban J connectivity index is 0.00000112. The molecule has 0 saturated carbocycles. The zero-order valence-electron chi connectivity index (χ0n) is 8.45. The van der Waals surface area contributed by atoms with Crippen LogP contribution < -0.4 is 10.6 Å². The quantitative estimate of drug-likeness (QED) is 0.816. The van der Waals surface area contributed by atoms with E-state index in [9.17, 15) is 4.79 Å². The van der Waals surface area contributed by atoms with Crippen LogP contribution in [0.3, 0.4) is 0 Å². The molecule has 0 bridgehead atoms. The number of halogens is 1. The Bertz CT molecular complexity index is 322. The van der Waals surface area contributed by atoms with Gasteiger partial charge in [0.15, 0.2) is 0 Å². The number of hydrogen-bond donors (Lipinski definition) is 2. The molecule has 1 saturated heterocycles. The van der Waals surface area contributed by atoms with Gasteiger partial charge in [0.25, 0.3) is 0 Å². The van der Waals surface area contributed by atoms with Crippen LogP contribution in [0.2, 0.25) is 0 Å². The van der Waals surface area contributed by atoms with Crippen molar-refractivity contribution in [3.63, 3.8) is 0 Å². The fourth-order valence-corrected chi connectivity index (χ4v) is 2.65. The highest BCUT2D eigenvalue weighted by Gasteiger charge is 2.38. The first-order valence-electron chi connectivity index (χ1n) is 4.62. The van der Waals surface area contributed by atoms with Crippen molar-refractivity contribution >= 4 is 29.7 Å². The van der Waals surface area contributed by atoms with Crippen LogP contribution >= 0.6 is 23.7 Å².